The van der Waals surface area contributed by atoms with Gasteiger partial charge in [-0.15, -0.1) is 0 Å². The average molecular weight is 319 g/mol. The molecule has 1 atom stereocenters. The molecule has 0 aromatic carbocycles. The van der Waals surface area contributed by atoms with E-state index < -0.39 is 6.35 Å². The van der Waals surface area contributed by atoms with Crippen LogP contribution in [-0.2, 0) is 0 Å². The second kappa shape index (κ2) is 7.47. The fourth-order valence-electron chi connectivity index (χ4n) is 3.55. The van der Waals surface area contributed by atoms with Crippen molar-refractivity contribution in [3.63, 3.8) is 0 Å². The van der Waals surface area contributed by atoms with Crippen LogP contribution in [0.3, 0.4) is 0 Å². The Bertz CT molecular complexity index is 507. The molecule has 1 saturated heterocycles. The summed E-state index contributed by atoms with van der Waals surface area (Å²) in [5.74, 6) is 7.39. The lowest BCUT2D eigenvalue weighted by molar-refractivity contribution is 0.0376. The number of hydrazine groups is 1. The molecule has 23 heavy (non-hydrogen) atoms. The van der Waals surface area contributed by atoms with E-state index in [4.69, 9.17) is 5.84 Å². The van der Waals surface area contributed by atoms with Crippen molar-refractivity contribution >= 4 is 5.84 Å². The highest BCUT2D eigenvalue weighted by atomic mass is 16.3. The van der Waals surface area contributed by atoms with Crippen LogP contribution in [0.5, 0.6) is 0 Å². The maximum Gasteiger partial charge on any atom is 0.227 e. The van der Waals surface area contributed by atoms with Crippen molar-refractivity contribution in [2.45, 2.75) is 51.8 Å². The van der Waals surface area contributed by atoms with Gasteiger partial charge in [0.15, 0.2) is 5.84 Å². The van der Waals surface area contributed by atoms with Gasteiger partial charge in [0.1, 0.15) is 0 Å². The maximum absolute atomic E-state index is 10.3. The summed E-state index contributed by atoms with van der Waals surface area (Å²) in [6.07, 6.45) is 10.2. The number of hydrogen-bond donors (Lipinski definition) is 3. The lowest BCUT2D eigenvalue weighted by atomic mass is 9.97. The molecule has 3 aliphatic heterocycles. The molecule has 0 spiro atoms. The Morgan fingerprint density at radius 2 is 2.13 bits per heavy atom. The van der Waals surface area contributed by atoms with Gasteiger partial charge in [-0.25, -0.2) is 10.8 Å². The average Bonchev–Trinajstić information content (AvgIpc) is 2.86. The molecule has 6 heteroatoms. The van der Waals surface area contributed by atoms with Crippen molar-refractivity contribution in [2.75, 3.05) is 19.6 Å². The van der Waals surface area contributed by atoms with Crippen molar-refractivity contribution in [1.29, 1.82) is 0 Å². The van der Waals surface area contributed by atoms with Crippen LogP contribution in [0, 0.1) is 5.92 Å². The first-order valence-corrected chi connectivity index (χ1v) is 8.89. The van der Waals surface area contributed by atoms with Gasteiger partial charge in [-0.1, -0.05) is 19.8 Å². The first kappa shape index (κ1) is 16.5. The second-order valence-electron chi connectivity index (χ2n) is 6.74. The lowest BCUT2D eigenvalue weighted by Crippen LogP contribution is -2.41. The Morgan fingerprint density at radius 3 is 2.87 bits per heavy atom. The third-order valence-corrected chi connectivity index (χ3v) is 4.91. The monoisotopic (exact) mass is 319 g/mol. The molecule has 1 unspecified atom stereocenters. The van der Waals surface area contributed by atoms with Crippen LogP contribution in [0.1, 0.15) is 45.4 Å². The summed E-state index contributed by atoms with van der Waals surface area (Å²) in [7, 11) is 0. The van der Waals surface area contributed by atoms with Crippen LogP contribution in [0.15, 0.2) is 28.5 Å². The van der Waals surface area contributed by atoms with Gasteiger partial charge in [-0.3, -0.25) is 5.01 Å². The summed E-state index contributed by atoms with van der Waals surface area (Å²) in [5, 5.41) is 15.3. The summed E-state index contributed by atoms with van der Waals surface area (Å²) in [5.41, 5.74) is 2.20. The Labute approximate surface area is 138 Å². The molecule has 0 bridgehead atoms. The standard InChI is InChI=1S/C17H29N5O/c1-2-3-4-5-14-10-15-16(22(18)12-14)20-17(23)21(15)11-13-6-8-19-9-7-13/h10,12-13,17,19,23H,2-9,11,18H2,1H3. The van der Waals surface area contributed by atoms with Gasteiger partial charge in [-0.05, 0) is 56.3 Å². The van der Waals surface area contributed by atoms with E-state index in [0.717, 1.165) is 44.6 Å². The Balaban J connectivity index is 1.70. The molecule has 4 N–H and O–H groups in total. The fourth-order valence-corrected chi connectivity index (χ4v) is 3.55. The molecular weight excluding hydrogens is 290 g/mol. The first-order chi connectivity index (χ1) is 11.2. The van der Waals surface area contributed by atoms with Crippen LogP contribution < -0.4 is 11.2 Å². The number of amidine groups is 1. The normalized spacial score (nSPS) is 25.2. The highest BCUT2D eigenvalue weighted by Gasteiger charge is 2.35. The van der Waals surface area contributed by atoms with E-state index in [1.165, 1.54) is 24.8 Å². The predicted molar refractivity (Wildman–Crippen MR) is 92.1 cm³/mol. The minimum atomic E-state index is -0.805. The van der Waals surface area contributed by atoms with E-state index in [0.29, 0.717) is 11.8 Å². The minimum Gasteiger partial charge on any atom is -0.355 e. The van der Waals surface area contributed by atoms with Crippen molar-refractivity contribution in [1.82, 2.24) is 15.2 Å². The number of piperidine rings is 1. The number of nitrogens with two attached hydrogens (primary N) is 1. The van der Waals surface area contributed by atoms with Crippen LogP contribution in [0.25, 0.3) is 0 Å². The molecule has 0 saturated carbocycles. The summed E-state index contributed by atoms with van der Waals surface area (Å²) in [6, 6.07) is 0. The summed E-state index contributed by atoms with van der Waals surface area (Å²) >= 11 is 0. The number of fused-ring (bicyclic) bond motifs is 1. The fraction of sp³-hybridized carbons (Fsp3) is 0.706. The number of hydrogen-bond acceptors (Lipinski definition) is 6. The van der Waals surface area contributed by atoms with E-state index in [2.05, 4.69) is 23.3 Å². The van der Waals surface area contributed by atoms with Gasteiger partial charge < -0.3 is 15.3 Å². The molecule has 0 radical (unpaired) electrons. The summed E-state index contributed by atoms with van der Waals surface area (Å²) in [4.78, 5) is 6.35. The summed E-state index contributed by atoms with van der Waals surface area (Å²) in [6.45, 7) is 5.18. The van der Waals surface area contributed by atoms with Crippen molar-refractivity contribution < 1.29 is 5.11 Å². The van der Waals surface area contributed by atoms with Crippen LogP contribution >= 0.6 is 0 Å². The number of rotatable bonds is 6. The van der Waals surface area contributed by atoms with Crippen LogP contribution in [-0.4, -0.2) is 46.8 Å². The first-order valence-electron chi connectivity index (χ1n) is 8.89. The third-order valence-electron chi connectivity index (χ3n) is 4.91. The molecule has 3 heterocycles. The summed E-state index contributed by atoms with van der Waals surface area (Å²) < 4.78 is 0. The van der Waals surface area contributed by atoms with Crippen LogP contribution in [0.2, 0.25) is 0 Å². The number of aliphatic hydroxyl groups excluding tert-OH is 1. The molecule has 3 rings (SSSR count). The number of aliphatic hydroxyl groups is 1. The predicted octanol–water partition coefficient (Wildman–Crippen LogP) is 1.51. The van der Waals surface area contributed by atoms with E-state index in [1.54, 1.807) is 5.01 Å². The van der Waals surface area contributed by atoms with E-state index >= 15 is 0 Å². The molecule has 0 aromatic rings. The van der Waals surface area contributed by atoms with Crippen molar-refractivity contribution in [2.24, 2.45) is 16.8 Å². The molecular formula is C17H29N5O. The lowest BCUT2D eigenvalue weighted by Gasteiger charge is -2.32. The van der Waals surface area contributed by atoms with Gasteiger partial charge >= 0.3 is 0 Å². The zero-order valence-electron chi connectivity index (χ0n) is 14.0. The largest absolute Gasteiger partial charge is 0.355 e. The molecule has 1 fully saturated rings. The number of nitrogens with one attached hydrogen (secondary N) is 1. The smallest absolute Gasteiger partial charge is 0.227 e. The number of unbranched alkanes of at least 4 members (excludes halogenated alkanes) is 2. The zero-order valence-corrected chi connectivity index (χ0v) is 14.0. The number of aliphatic imine (C=N–C) groups is 1. The molecule has 0 aromatic heterocycles. The van der Waals surface area contributed by atoms with Gasteiger partial charge in [0.2, 0.25) is 6.35 Å². The quantitative estimate of drug-likeness (QED) is 0.511. The number of allylic oxidation sites excluding steroid dienone is 2. The van der Waals surface area contributed by atoms with Crippen molar-refractivity contribution in [3.05, 3.63) is 23.5 Å². The van der Waals surface area contributed by atoms with Gasteiger partial charge in [0.05, 0.1) is 5.70 Å². The van der Waals surface area contributed by atoms with Gasteiger partial charge in [0, 0.05) is 12.7 Å². The molecule has 0 amide bonds. The zero-order chi connectivity index (χ0) is 16.2. The minimum absolute atomic E-state index is 0.599. The van der Waals surface area contributed by atoms with E-state index in [1.807, 2.05) is 11.1 Å². The Hall–Kier alpha value is -1.37. The van der Waals surface area contributed by atoms with E-state index in [9.17, 15) is 5.11 Å². The second-order valence-corrected chi connectivity index (χ2v) is 6.74. The molecule has 0 aliphatic carbocycles. The van der Waals surface area contributed by atoms with Gasteiger partial charge in [-0.2, -0.15) is 0 Å². The van der Waals surface area contributed by atoms with Crippen molar-refractivity contribution in [3.8, 4) is 0 Å². The topological polar surface area (TPSA) is 77.1 Å². The van der Waals surface area contributed by atoms with E-state index in [-0.39, 0.29) is 0 Å². The Morgan fingerprint density at radius 1 is 1.35 bits per heavy atom. The molecule has 128 valence electrons. The SMILES string of the molecule is CCCCCC1=CN(N)C2=NC(O)N(CC3CCNCC3)C2=C1. The molecule has 3 aliphatic rings. The van der Waals surface area contributed by atoms with Crippen LogP contribution in [0.4, 0.5) is 0 Å². The Kier molecular flexibility index (Phi) is 5.35. The molecule has 6 nitrogen and oxygen atoms in total. The maximum atomic E-state index is 10.3. The van der Waals surface area contributed by atoms with Gasteiger partial charge in [0.25, 0.3) is 0 Å². The number of nitrogens with zero attached hydrogens (tertiary/aromatic N) is 3. The highest BCUT2D eigenvalue weighted by molar-refractivity contribution is 6.01. The third kappa shape index (κ3) is 3.76. The highest BCUT2D eigenvalue weighted by Crippen LogP contribution is 2.29.